The number of hydrogen-bond donors (Lipinski definition) is 1. The van der Waals surface area contributed by atoms with Crippen LogP contribution in [0.3, 0.4) is 0 Å². The van der Waals surface area contributed by atoms with E-state index in [4.69, 9.17) is 16.3 Å². The number of nitrogens with one attached hydrogen (secondary N) is 1. The third-order valence-electron chi connectivity index (χ3n) is 4.06. The number of halogens is 1. The molecule has 1 fully saturated rings. The molecule has 2 aromatic carbocycles. The quantitative estimate of drug-likeness (QED) is 0.904. The maximum absolute atomic E-state index is 12.2. The average molecular weight is 345 g/mol. The highest BCUT2D eigenvalue weighted by atomic mass is 35.5. The standard InChI is InChI=1S/C19H21ClN2O2/c20-17-3-1-2-16(12-17)14-21-18-6-4-15(5-7-18)13-19(23)22-8-10-24-11-9-22/h1-7,12,21H,8-11,13-14H2. The van der Waals surface area contributed by atoms with Crippen LogP contribution in [0.1, 0.15) is 11.1 Å². The first kappa shape index (κ1) is 16.8. The normalized spacial score (nSPS) is 14.5. The van der Waals surface area contributed by atoms with Crippen molar-refractivity contribution in [3.8, 4) is 0 Å². The summed E-state index contributed by atoms with van der Waals surface area (Å²) in [5, 5.41) is 4.10. The summed E-state index contributed by atoms with van der Waals surface area (Å²) in [6.45, 7) is 3.37. The van der Waals surface area contributed by atoms with E-state index in [1.165, 1.54) is 0 Å². The summed E-state index contributed by atoms with van der Waals surface area (Å²) in [6, 6.07) is 15.8. The number of rotatable bonds is 5. The van der Waals surface area contributed by atoms with E-state index in [1.54, 1.807) is 0 Å². The van der Waals surface area contributed by atoms with Gasteiger partial charge in [0.25, 0.3) is 0 Å². The number of anilines is 1. The fourth-order valence-electron chi connectivity index (χ4n) is 2.69. The van der Waals surface area contributed by atoms with Crippen LogP contribution in [-0.4, -0.2) is 37.1 Å². The van der Waals surface area contributed by atoms with E-state index in [9.17, 15) is 4.79 Å². The smallest absolute Gasteiger partial charge is 0.227 e. The molecule has 1 N–H and O–H groups in total. The second-order valence-electron chi connectivity index (χ2n) is 5.85. The van der Waals surface area contributed by atoms with Crippen LogP contribution in [0.25, 0.3) is 0 Å². The molecule has 24 heavy (non-hydrogen) atoms. The molecule has 126 valence electrons. The van der Waals surface area contributed by atoms with Crippen LogP contribution >= 0.6 is 11.6 Å². The lowest BCUT2D eigenvalue weighted by Crippen LogP contribution is -2.41. The van der Waals surface area contributed by atoms with Crippen LogP contribution in [0.4, 0.5) is 5.69 Å². The molecule has 2 aromatic rings. The molecular formula is C19H21ClN2O2. The second-order valence-corrected chi connectivity index (χ2v) is 6.29. The molecule has 0 aromatic heterocycles. The third-order valence-corrected chi connectivity index (χ3v) is 4.29. The highest BCUT2D eigenvalue weighted by Crippen LogP contribution is 2.15. The summed E-state index contributed by atoms with van der Waals surface area (Å²) in [5.74, 6) is 0.165. The van der Waals surface area contributed by atoms with Crippen LogP contribution in [0.15, 0.2) is 48.5 Å². The maximum atomic E-state index is 12.2. The number of amides is 1. The van der Waals surface area contributed by atoms with Gasteiger partial charge in [0.2, 0.25) is 5.91 Å². The predicted octanol–water partition coefficient (Wildman–Crippen LogP) is 3.35. The first-order valence-electron chi connectivity index (χ1n) is 8.13. The molecule has 0 atom stereocenters. The lowest BCUT2D eigenvalue weighted by atomic mass is 10.1. The summed E-state index contributed by atoms with van der Waals surface area (Å²) in [6.07, 6.45) is 0.439. The SMILES string of the molecule is O=C(Cc1ccc(NCc2cccc(Cl)c2)cc1)N1CCOCC1. The van der Waals surface area contributed by atoms with Crippen molar-refractivity contribution in [2.45, 2.75) is 13.0 Å². The van der Waals surface area contributed by atoms with Gasteiger partial charge in [-0.2, -0.15) is 0 Å². The summed E-state index contributed by atoms with van der Waals surface area (Å²) >= 11 is 5.99. The predicted molar refractivity (Wildman–Crippen MR) is 96.3 cm³/mol. The number of carbonyl (C=O) groups is 1. The van der Waals surface area contributed by atoms with Gasteiger partial charge >= 0.3 is 0 Å². The van der Waals surface area contributed by atoms with Gasteiger partial charge < -0.3 is 15.0 Å². The monoisotopic (exact) mass is 344 g/mol. The molecule has 1 amide bonds. The highest BCUT2D eigenvalue weighted by Gasteiger charge is 2.16. The Morgan fingerprint density at radius 1 is 1.08 bits per heavy atom. The van der Waals surface area contributed by atoms with Crippen molar-refractivity contribution < 1.29 is 9.53 Å². The van der Waals surface area contributed by atoms with E-state index in [2.05, 4.69) is 5.32 Å². The van der Waals surface area contributed by atoms with Crippen LogP contribution in [0.2, 0.25) is 5.02 Å². The minimum absolute atomic E-state index is 0.165. The first-order valence-corrected chi connectivity index (χ1v) is 8.51. The molecule has 0 bridgehead atoms. The minimum Gasteiger partial charge on any atom is -0.381 e. The van der Waals surface area contributed by atoms with E-state index >= 15 is 0 Å². The second kappa shape index (κ2) is 8.18. The van der Waals surface area contributed by atoms with Crippen LogP contribution in [0, 0.1) is 0 Å². The van der Waals surface area contributed by atoms with Crippen molar-refractivity contribution in [3.63, 3.8) is 0 Å². The zero-order valence-corrected chi connectivity index (χ0v) is 14.3. The number of hydrogen-bond acceptors (Lipinski definition) is 3. The Labute approximate surface area is 147 Å². The zero-order chi connectivity index (χ0) is 16.8. The summed E-state index contributed by atoms with van der Waals surface area (Å²) in [4.78, 5) is 14.1. The molecule has 5 heteroatoms. The number of ether oxygens (including phenoxy) is 1. The van der Waals surface area contributed by atoms with Gasteiger partial charge in [-0.25, -0.2) is 0 Å². The molecule has 3 rings (SSSR count). The van der Waals surface area contributed by atoms with E-state index in [0.717, 1.165) is 21.8 Å². The molecule has 1 aliphatic heterocycles. The van der Waals surface area contributed by atoms with E-state index < -0.39 is 0 Å². The molecule has 1 aliphatic rings. The topological polar surface area (TPSA) is 41.6 Å². The number of morpholine rings is 1. The third kappa shape index (κ3) is 4.73. The molecule has 1 saturated heterocycles. The van der Waals surface area contributed by atoms with Gasteiger partial charge in [-0.1, -0.05) is 35.9 Å². The number of carbonyl (C=O) groups excluding carboxylic acids is 1. The Morgan fingerprint density at radius 2 is 1.83 bits per heavy atom. The highest BCUT2D eigenvalue weighted by molar-refractivity contribution is 6.30. The zero-order valence-electron chi connectivity index (χ0n) is 13.5. The van der Waals surface area contributed by atoms with Crippen molar-refractivity contribution >= 4 is 23.2 Å². The van der Waals surface area contributed by atoms with Crippen molar-refractivity contribution in [3.05, 3.63) is 64.7 Å². The van der Waals surface area contributed by atoms with Gasteiger partial charge in [0.05, 0.1) is 19.6 Å². The average Bonchev–Trinajstić information content (AvgIpc) is 2.62. The van der Waals surface area contributed by atoms with E-state index in [0.29, 0.717) is 39.3 Å². The van der Waals surface area contributed by atoms with Crippen molar-refractivity contribution in [2.24, 2.45) is 0 Å². The molecule has 0 radical (unpaired) electrons. The van der Waals surface area contributed by atoms with Gasteiger partial charge in [0, 0.05) is 30.3 Å². The molecule has 4 nitrogen and oxygen atoms in total. The van der Waals surface area contributed by atoms with Crippen molar-refractivity contribution in [1.29, 1.82) is 0 Å². The largest absolute Gasteiger partial charge is 0.381 e. The fraction of sp³-hybridized carbons (Fsp3) is 0.316. The van der Waals surface area contributed by atoms with Gasteiger partial charge in [0.15, 0.2) is 0 Å². The lowest BCUT2D eigenvalue weighted by molar-refractivity contribution is -0.134. The van der Waals surface area contributed by atoms with Crippen LogP contribution in [-0.2, 0) is 22.5 Å². The lowest BCUT2D eigenvalue weighted by Gasteiger charge is -2.26. The molecule has 0 spiro atoms. The summed E-state index contributed by atoms with van der Waals surface area (Å²) < 4.78 is 5.28. The molecule has 0 aliphatic carbocycles. The van der Waals surface area contributed by atoms with Gasteiger partial charge in [-0.15, -0.1) is 0 Å². The minimum atomic E-state index is 0.165. The maximum Gasteiger partial charge on any atom is 0.227 e. The Morgan fingerprint density at radius 3 is 2.54 bits per heavy atom. The van der Waals surface area contributed by atoms with Gasteiger partial charge in [0.1, 0.15) is 0 Å². The Bertz CT molecular complexity index is 682. The van der Waals surface area contributed by atoms with Gasteiger partial charge in [-0.3, -0.25) is 4.79 Å². The van der Waals surface area contributed by atoms with Crippen LogP contribution in [0.5, 0.6) is 0 Å². The Kier molecular flexibility index (Phi) is 5.72. The Hall–Kier alpha value is -2.04. The van der Waals surface area contributed by atoms with E-state index in [-0.39, 0.29) is 5.91 Å². The van der Waals surface area contributed by atoms with Crippen LogP contribution < -0.4 is 5.32 Å². The molecule has 0 unspecified atom stereocenters. The molecular weight excluding hydrogens is 324 g/mol. The molecule has 1 heterocycles. The van der Waals surface area contributed by atoms with Crippen molar-refractivity contribution in [2.75, 3.05) is 31.6 Å². The molecule has 0 saturated carbocycles. The first-order chi connectivity index (χ1) is 11.7. The van der Waals surface area contributed by atoms with Gasteiger partial charge in [-0.05, 0) is 35.4 Å². The fourth-order valence-corrected chi connectivity index (χ4v) is 2.90. The summed E-state index contributed by atoms with van der Waals surface area (Å²) in [7, 11) is 0. The Balaban J connectivity index is 1.52. The number of benzene rings is 2. The van der Waals surface area contributed by atoms with Crippen molar-refractivity contribution in [1.82, 2.24) is 4.90 Å². The van der Waals surface area contributed by atoms with E-state index in [1.807, 2.05) is 53.4 Å². The summed E-state index contributed by atoms with van der Waals surface area (Å²) in [5.41, 5.74) is 3.19. The number of nitrogens with zero attached hydrogens (tertiary/aromatic N) is 1.